The molecule has 2 nitrogen and oxygen atoms in total. The van der Waals surface area contributed by atoms with E-state index in [1.165, 1.54) is 43.7 Å². The van der Waals surface area contributed by atoms with Gasteiger partial charge in [-0.15, -0.1) is 11.3 Å². The van der Waals surface area contributed by atoms with Crippen LogP contribution in [-0.4, -0.2) is 22.5 Å². The van der Waals surface area contributed by atoms with Crippen LogP contribution in [0.15, 0.2) is 23.7 Å². The highest BCUT2D eigenvalue weighted by Crippen LogP contribution is 2.31. The van der Waals surface area contributed by atoms with Gasteiger partial charge in [-0.3, -0.25) is 4.90 Å². The summed E-state index contributed by atoms with van der Waals surface area (Å²) in [4.78, 5) is 7.09. The zero-order valence-electron chi connectivity index (χ0n) is 10.2. The molecule has 1 heterocycles. The van der Waals surface area contributed by atoms with Crippen molar-refractivity contribution in [2.24, 2.45) is 5.92 Å². The van der Waals surface area contributed by atoms with Crippen molar-refractivity contribution in [2.45, 2.75) is 44.7 Å². The number of hydrogen-bond donors (Lipinski definition) is 0. The lowest BCUT2D eigenvalue weighted by atomic mass is 9.94. The van der Waals surface area contributed by atoms with Gasteiger partial charge < -0.3 is 0 Å². The lowest BCUT2D eigenvalue weighted by molar-refractivity contribution is 0.205. The van der Waals surface area contributed by atoms with Gasteiger partial charge in [-0.25, -0.2) is 4.98 Å². The maximum absolute atomic E-state index is 4.42. The summed E-state index contributed by atoms with van der Waals surface area (Å²) in [5.41, 5.74) is 0. The Bertz CT molecular complexity index is 368. The Morgan fingerprint density at radius 3 is 2.88 bits per heavy atom. The van der Waals surface area contributed by atoms with E-state index in [0.29, 0.717) is 0 Å². The van der Waals surface area contributed by atoms with Crippen LogP contribution in [0.2, 0.25) is 0 Å². The van der Waals surface area contributed by atoms with Gasteiger partial charge in [0.25, 0.3) is 0 Å². The monoisotopic (exact) mass is 248 g/mol. The van der Waals surface area contributed by atoms with Gasteiger partial charge in [-0.1, -0.05) is 12.2 Å². The summed E-state index contributed by atoms with van der Waals surface area (Å²) in [6.07, 6.45) is 13.3. The van der Waals surface area contributed by atoms with Crippen LogP contribution in [-0.2, 0) is 6.54 Å². The van der Waals surface area contributed by atoms with Crippen molar-refractivity contribution in [3.63, 3.8) is 0 Å². The molecule has 0 amide bonds. The molecule has 2 aliphatic rings. The van der Waals surface area contributed by atoms with E-state index in [1.807, 2.05) is 6.20 Å². The highest BCUT2D eigenvalue weighted by molar-refractivity contribution is 7.09. The first-order chi connectivity index (χ1) is 8.42. The lowest BCUT2D eigenvalue weighted by Crippen LogP contribution is -2.31. The van der Waals surface area contributed by atoms with Crippen LogP contribution >= 0.6 is 11.3 Å². The fourth-order valence-electron chi connectivity index (χ4n) is 2.64. The third-order valence-corrected chi connectivity index (χ3v) is 4.52. The van der Waals surface area contributed by atoms with Crippen molar-refractivity contribution in [2.75, 3.05) is 6.54 Å². The molecule has 0 unspecified atom stereocenters. The molecule has 1 atom stereocenters. The summed E-state index contributed by atoms with van der Waals surface area (Å²) < 4.78 is 0. The van der Waals surface area contributed by atoms with Crippen LogP contribution in [0.1, 0.15) is 37.1 Å². The highest BCUT2D eigenvalue weighted by atomic mass is 32.1. The topological polar surface area (TPSA) is 16.1 Å². The van der Waals surface area contributed by atoms with Crippen molar-refractivity contribution < 1.29 is 0 Å². The normalized spacial score (nSPS) is 24.4. The molecule has 1 fully saturated rings. The van der Waals surface area contributed by atoms with Gasteiger partial charge in [0.05, 0.1) is 6.54 Å². The molecule has 17 heavy (non-hydrogen) atoms. The molecule has 0 N–H and O–H groups in total. The zero-order valence-corrected chi connectivity index (χ0v) is 11.0. The Labute approximate surface area is 107 Å². The Morgan fingerprint density at radius 2 is 2.24 bits per heavy atom. The molecule has 3 heteroatoms. The first-order valence-electron chi connectivity index (χ1n) is 6.69. The predicted octanol–water partition coefficient (Wildman–Crippen LogP) is 3.46. The molecular weight excluding hydrogens is 228 g/mol. The average molecular weight is 248 g/mol. The second-order valence-electron chi connectivity index (χ2n) is 5.24. The van der Waals surface area contributed by atoms with E-state index in [4.69, 9.17) is 0 Å². The number of allylic oxidation sites excluding steroid dienone is 2. The van der Waals surface area contributed by atoms with Gasteiger partial charge in [0.1, 0.15) is 5.01 Å². The largest absolute Gasteiger partial charge is 0.293 e. The van der Waals surface area contributed by atoms with Crippen LogP contribution in [0.3, 0.4) is 0 Å². The number of rotatable bonds is 5. The van der Waals surface area contributed by atoms with Crippen LogP contribution in [0.5, 0.6) is 0 Å². The van der Waals surface area contributed by atoms with Gasteiger partial charge in [0, 0.05) is 24.2 Å². The average Bonchev–Trinajstić information content (AvgIpc) is 3.09. The van der Waals surface area contributed by atoms with Crippen molar-refractivity contribution in [3.8, 4) is 0 Å². The minimum absolute atomic E-state index is 0.852. The van der Waals surface area contributed by atoms with Crippen LogP contribution in [0.4, 0.5) is 0 Å². The molecule has 2 aliphatic carbocycles. The van der Waals surface area contributed by atoms with E-state index in [9.17, 15) is 0 Å². The molecule has 0 aromatic carbocycles. The molecule has 0 aliphatic heterocycles. The number of aromatic nitrogens is 1. The molecule has 0 radical (unpaired) electrons. The van der Waals surface area contributed by atoms with Crippen LogP contribution < -0.4 is 0 Å². The maximum Gasteiger partial charge on any atom is 0.107 e. The fraction of sp³-hybridized carbons (Fsp3) is 0.643. The molecule has 1 aromatic rings. The summed E-state index contributed by atoms with van der Waals surface area (Å²) in [5, 5.41) is 3.37. The zero-order chi connectivity index (χ0) is 11.5. The number of nitrogens with zero attached hydrogens (tertiary/aromatic N) is 2. The second-order valence-corrected chi connectivity index (χ2v) is 6.22. The SMILES string of the molecule is C1=CC[C@H](CN(Cc2nccs2)C2CC2)CC1. The summed E-state index contributed by atoms with van der Waals surface area (Å²) >= 11 is 1.79. The highest BCUT2D eigenvalue weighted by Gasteiger charge is 2.30. The third kappa shape index (κ3) is 3.17. The molecule has 3 rings (SSSR count). The van der Waals surface area contributed by atoms with E-state index in [1.54, 1.807) is 11.3 Å². The maximum atomic E-state index is 4.42. The molecule has 1 aromatic heterocycles. The van der Waals surface area contributed by atoms with E-state index >= 15 is 0 Å². The summed E-state index contributed by atoms with van der Waals surface area (Å²) in [6.45, 7) is 2.34. The summed E-state index contributed by atoms with van der Waals surface area (Å²) in [7, 11) is 0. The molecular formula is C14H20N2S. The summed E-state index contributed by atoms with van der Waals surface area (Å²) in [5.74, 6) is 0.876. The Hall–Kier alpha value is -0.670. The van der Waals surface area contributed by atoms with E-state index in [0.717, 1.165) is 18.5 Å². The van der Waals surface area contributed by atoms with Gasteiger partial charge in [-0.2, -0.15) is 0 Å². The Balaban J connectivity index is 1.58. The molecule has 0 bridgehead atoms. The second kappa shape index (κ2) is 5.32. The predicted molar refractivity (Wildman–Crippen MR) is 72.0 cm³/mol. The van der Waals surface area contributed by atoms with E-state index < -0.39 is 0 Å². The van der Waals surface area contributed by atoms with Crippen molar-refractivity contribution in [3.05, 3.63) is 28.7 Å². The van der Waals surface area contributed by atoms with Crippen molar-refractivity contribution in [1.29, 1.82) is 0 Å². The van der Waals surface area contributed by atoms with Crippen molar-refractivity contribution in [1.82, 2.24) is 9.88 Å². The van der Waals surface area contributed by atoms with E-state index in [-0.39, 0.29) is 0 Å². The minimum atomic E-state index is 0.852. The van der Waals surface area contributed by atoms with Gasteiger partial charge in [0.15, 0.2) is 0 Å². The molecule has 0 saturated heterocycles. The number of hydrogen-bond acceptors (Lipinski definition) is 3. The van der Waals surface area contributed by atoms with Gasteiger partial charge >= 0.3 is 0 Å². The first kappa shape index (κ1) is 11.4. The first-order valence-corrected chi connectivity index (χ1v) is 7.57. The standard InChI is InChI=1S/C14H20N2S/c1-2-4-12(5-3-1)10-16(13-6-7-13)11-14-15-8-9-17-14/h1-2,8-9,12-13H,3-7,10-11H2/t12-/m0/s1. The Morgan fingerprint density at radius 1 is 1.29 bits per heavy atom. The van der Waals surface area contributed by atoms with Crippen molar-refractivity contribution >= 4 is 11.3 Å². The van der Waals surface area contributed by atoms with Gasteiger partial charge in [0.2, 0.25) is 0 Å². The van der Waals surface area contributed by atoms with Crippen LogP contribution in [0.25, 0.3) is 0 Å². The summed E-state index contributed by atoms with van der Waals surface area (Å²) in [6, 6.07) is 0.852. The lowest BCUT2D eigenvalue weighted by Gasteiger charge is -2.27. The molecule has 1 saturated carbocycles. The third-order valence-electron chi connectivity index (χ3n) is 3.76. The number of thiazole rings is 1. The minimum Gasteiger partial charge on any atom is -0.293 e. The fourth-order valence-corrected chi connectivity index (χ4v) is 3.28. The smallest absolute Gasteiger partial charge is 0.107 e. The Kier molecular flexibility index (Phi) is 3.57. The van der Waals surface area contributed by atoms with Gasteiger partial charge in [-0.05, 0) is 38.0 Å². The van der Waals surface area contributed by atoms with Crippen LogP contribution in [0, 0.1) is 5.92 Å². The quantitative estimate of drug-likeness (QED) is 0.742. The molecule has 92 valence electrons. The van der Waals surface area contributed by atoms with E-state index in [2.05, 4.69) is 27.4 Å². The molecule has 0 spiro atoms.